The SMILES string of the molecule is COCCN(CC(=O)N1N=C(c2ccc(F)cc2)CC1c1ccc(OC)cc1)C(=O)CC(C)(C)C. The van der Waals surface area contributed by atoms with Gasteiger partial charge in [0.1, 0.15) is 18.1 Å². The third-order valence-corrected chi connectivity index (χ3v) is 5.77. The summed E-state index contributed by atoms with van der Waals surface area (Å²) in [6.45, 7) is 6.50. The van der Waals surface area contributed by atoms with E-state index in [1.807, 2.05) is 45.0 Å². The molecule has 35 heavy (non-hydrogen) atoms. The minimum absolute atomic E-state index is 0.106. The fraction of sp³-hybridized carbons (Fsp3) is 0.444. The molecule has 0 aliphatic carbocycles. The number of methoxy groups -OCH3 is 2. The standard InChI is InChI=1S/C27H34FN3O4/c1-27(2,3)17-25(32)30(14-15-34-4)18-26(33)31-24(20-8-12-22(35-5)13-9-20)16-23(29-31)19-6-10-21(28)11-7-19/h6-13,24H,14-18H2,1-5H3. The number of rotatable bonds is 9. The van der Waals surface area contributed by atoms with E-state index < -0.39 is 0 Å². The van der Waals surface area contributed by atoms with Gasteiger partial charge in [-0.15, -0.1) is 0 Å². The summed E-state index contributed by atoms with van der Waals surface area (Å²) in [4.78, 5) is 28.0. The summed E-state index contributed by atoms with van der Waals surface area (Å²) >= 11 is 0. The summed E-state index contributed by atoms with van der Waals surface area (Å²) in [5.74, 6) is -0.0203. The first-order chi connectivity index (χ1) is 16.6. The highest BCUT2D eigenvalue weighted by Gasteiger charge is 2.34. The first-order valence-electron chi connectivity index (χ1n) is 11.7. The van der Waals surface area contributed by atoms with Gasteiger partial charge in [0.25, 0.3) is 5.91 Å². The molecule has 1 unspecified atom stereocenters. The van der Waals surface area contributed by atoms with Gasteiger partial charge in [-0.1, -0.05) is 45.0 Å². The number of benzene rings is 2. The van der Waals surface area contributed by atoms with Crippen molar-refractivity contribution in [1.82, 2.24) is 9.91 Å². The van der Waals surface area contributed by atoms with Crippen LogP contribution < -0.4 is 4.74 Å². The Kier molecular flexibility index (Phi) is 8.62. The highest BCUT2D eigenvalue weighted by molar-refractivity contribution is 6.03. The predicted octanol–water partition coefficient (Wildman–Crippen LogP) is 4.42. The fourth-order valence-corrected chi connectivity index (χ4v) is 3.94. The number of carbonyl (C=O) groups excluding carboxylic acids is 2. The summed E-state index contributed by atoms with van der Waals surface area (Å²) in [6.07, 6.45) is 0.785. The van der Waals surface area contributed by atoms with Crippen LogP contribution in [0.3, 0.4) is 0 Å². The van der Waals surface area contributed by atoms with Crippen molar-refractivity contribution in [2.24, 2.45) is 10.5 Å². The van der Waals surface area contributed by atoms with E-state index in [2.05, 4.69) is 5.10 Å². The van der Waals surface area contributed by atoms with Gasteiger partial charge in [-0.25, -0.2) is 9.40 Å². The smallest absolute Gasteiger partial charge is 0.262 e. The zero-order chi connectivity index (χ0) is 25.6. The fourth-order valence-electron chi connectivity index (χ4n) is 3.94. The molecule has 1 aliphatic heterocycles. The van der Waals surface area contributed by atoms with Crippen LogP contribution in [0.2, 0.25) is 0 Å². The molecule has 0 radical (unpaired) electrons. The van der Waals surface area contributed by atoms with Crippen LogP contribution in [0.25, 0.3) is 0 Å². The first kappa shape index (κ1) is 26.3. The quantitative estimate of drug-likeness (QED) is 0.529. The topological polar surface area (TPSA) is 71.4 Å². The molecule has 2 aromatic carbocycles. The van der Waals surface area contributed by atoms with Crippen LogP contribution in [-0.4, -0.2) is 61.4 Å². The molecule has 1 heterocycles. The zero-order valence-corrected chi connectivity index (χ0v) is 21.1. The minimum atomic E-state index is -0.351. The van der Waals surface area contributed by atoms with Crippen molar-refractivity contribution in [3.05, 3.63) is 65.5 Å². The van der Waals surface area contributed by atoms with E-state index in [-0.39, 0.29) is 35.6 Å². The van der Waals surface area contributed by atoms with Gasteiger partial charge in [-0.2, -0.15) is 5.10 Å². The number of hydrogen-bond donors (Lipinski definition) is 0. The van der Waals surface area contributed by atoms with E-state index >= 15 is 0 Å². The van der Waals surface area contributed by atoms with Crippen molar-refractivity contribution in [3.8, 4) is 5.75 Å². The van der Waals surface area contributed by atoms with Crippen LogP contribution in [0.1, 0.15) is 50.8 Å². The van der Waals surface area contributed by atoms with Gasteiger partial charge in [0.15, 0.2) is 0 Å². The summed E-state index contributed by atoms with van der Waals surface area (Å²) in [7, 11) is 3.16. The molecule has 0 saturated carbocycles. The van der Waals surface area contributed by atoms with Gasteiger partial charge in [0.2, 0.25) is 5.91 Å². The summed E-state index contributed by atoms with van der Waals surface area (Å²) in [5, 5.41) is 6.08. The Labute approximate surface area is 206 Å². The van der Waals surface area contributed by atoms with Gasteiger partial charge in [0, 0.05) is 26.5 Å². The van der Waals surface area contributed by atoms with E-state index in [0.29, 0.717) is 37.5 Å². The Morgan fingerprint density at radius 1 is 1.09 bits per heavy atom. The third-order valence-electron chi connectivity index (χ3n) is 5.77. The maximum atomic E-state index is 13.5. The Hall–Kier alpha value is -3.26. The van der Waals surface area contributed by atoms with E-state index in [1.54, 1.807) is 26.4 Å². The van der Waals surface area contributed by atoms with Crippen molar-refractivity contribution < 1.29 is 23.5 Å². The molecule has 0 N–H and O–H groups in total. The second-order valence-electron chi connectivity index (χ2n) is 9.83. The van der Waals surface area contributed by atoms with Crippen LogP contribution in [0.4, 0.5) is 4.39 Å². The summed E-state index contributed by atoms with van der Waals surface area (Å²) in [5.41, 5.74) is 2.12. The monoisotopic (exact) mass is 483 g/mol. The Morgan fingerprint density at radius 3 is 2.31 bits per heavy atom. The lowest BCUT2D eigenvalue weighted by atomic mass is 9.91. The molecule has 7 nitrogen and oxygen atoms in total. The number of halogens is 1. The maximum Gasteiger partial charge on any atom is 0.262 e. The van der Waals surface area contributed by atoms with Crippen LogP contribution in [0.15, 0.2) is 53.6 Å². The number of nitrogens with zero attached hydrogens (tertiary/aromatic N) is 3. The van der Waals surface area contributed by atoms with Crippen molar-refractivity contribution in [1.29, 1.82) is 0 Å². The molecule has 3 rings (SSSR count). The normalized spacial score (nSPS) is 15.7. The third kappa shape index (κ3) is 7.11. The predicted molar refractivity (Wildman–Crippen MR) is 133 cm³/mol. The van der Waals surface area contributed by atoms with Crippen molar-refractivity contribution >= 4 is 17.5 Å². The number of hydrogen-bond acceptors (Lipinski definition) is 5. The molecule has 1 aliphatic rings. The van der Waals surface area contributed by atoms with Gasteiger partial charge in [-0.3, -0.25) is 9.59 Å². The molecular weight excluding hydrogens is 449 g/mol. The van der Waals surface area contributed by atoms with Crippen LogP contribution in [-0.2, 0) is 14.3 Å². The first-order valence-corrected chi connectivity index (χ1v) is 11.7. The molecule has 0 aromatic heterocycles. The largest absolute Gasteiger partial charge is 0.497 e. The maximum absolute atomic E-state index is 13.5. The molecule has 0 bridgehead atoms. The van der Waals surface area contributed by atoms with Gasteiger partial charge in [-0.05, 0) is 40.8 Å². The Morgan fingerprint density at radius 2 is 1.74 bits per heavy atom. The van der Waals surface area contributed by atoms with Gasteiger partial charge >= 0.3 is 0 Å². The van der Waals surface area contributed by atoms with Crippen LogP contribution in [0, 0.1) is 11.2 Å². The summed E-state index contributed by atoms with van der Waals surface area (Å²) < 4.78 is 23.9. The lowest BCUT2D eigenvalue weighted by Crippen LogP contribution is -2.43. The van der Waals surface area contributed by atoms with E-state index in [4.69, 9.17) is 9.47 Å². The molecule has 0 spiro atoms. The molecule has 1 atom stereocenters. The minimum Gasteiger partial charge on any atom is -0.497 e. The molecule has 188 valence electrons. The van der Waals surface area contributed by atoms with Crippen molar-refractivity contribution in [2.45, 2.75) is 39.7 Å². The average Bonchev–Trinajstić information content (AvgIpc) is 3.26. The van der Waals surface area contributed by atoms with Crippen molar-refractivity contribution in [2.75, 3.05) is 33.9 Å². The second-order valence-corrected chi connectivity index (χ2v) is 9.83. The lowest BCUT2D eigenvalue weighted by Gasteiger charge is -2.29. The molecule has 8 heteroatoms. The van der Waals surface area contributed by atoms with Crippen molar-refractivity contribution in [3.63, 3.8) is 0 Å². The Bertz CT molecular complexity index is 1050. The number of hydrazone groups is 1. The lowest BCUT2D eigenvalue weighted by molar-refractivity contribution is -0.143. The summed E-state index contributed by atoms with van der Waals surface area (Å²) in [6, 6.07) is 13.2. The molecule has 0 fully saturated rings. The van der Waals surface area contributed by atoms with E-state index in [1.165, 1.54) is 22.0 Å². The highest BCUT2D eigenvalue weighted by Crippen LogP contribution is 2.34. The molecular formula is C27H34FN3O4. The number of ether oxygens (including phenoxy) is 2. The van der Waals surface area contributed by atoms with E-state index in [0.717, 1.165) is 11.1 Å². The van der Waals surface area contributed by atoms with Gasteiger partial charge < -0.3 is 14.4 Å². The number of amides is 2. The van der Waals surface area contributed by atoms with Gasteiger partial charge in [0.05, 0.1) is 25.5 Å². The molecule has 2 aromatic rings. The Balaban J connectivity index is 1.88. The zero-order valence-electron chi connectivity index (χ0n) is 21.1. The molecule has 2 amide bonds. The van der Waals surface area contributed by atoms with Crippen LogP contribution in [0.5, 0.6) is 5.75 Å². The second kappa shape index (κ2) is 11.4. The average molecular weight is 484 g/mol. The highest BCUT2D eigenvalue weighted by atomic mass is 19.1. The van der Waals surface area contributed by atoms with E-state index in [9.17, 15) is 14.0 Å². The number of carbonyl (C=O) groups is 2. The van der Waals surface area contributed by atoms with Crippen LogP contribution >= 0.6 is 0 Å². The molecule has 0 saturated heterocycles.